The fourth-order valence-corrected chi connectivity index (χ4v) is 3.10. The quantitative estimate of drug-likeness (QED) is 0.888. The smallest absolute Gasteiger partial charge is 0.261 e. The Labute approximate surface area is 141 Å². The van der Waals surface area contributed by atoms with E-state index in [2.05, 4.69) is 25.8 Å². The van der Waals surface area contributed by atoms with E-state index in [1.165, 1.54) is 0 Å². The number of rotatable bonds is 4. The van der Waals surface area contributed by atoms with E-state index in [1.807, 2.05) is 25.5 Å². The van der Waals surface area contributed by atoms with Crippen LogP contribution in [0.1, 0.15) is 60.5 Å². The molecule has 3 rings (SSSR count). The molecule has 8 nitrogen and oxygen atoms in total. The number of carbonyl (C=O) groups is 1. The average molecular weight is 331 g/mol. The van der Waals surface area contributed by atoms with E-state index in [1.54, 1.807) is 17.9 Å². The predicted molar refractivity (Wildman–Crippen MR) is 91.1 cm³/mol. The van der Waals surface area contributed by atoms with Crippen LogP contribution in [0.2, 0.25) is 0 Å². The Balaban J connectivity index is 1.76. The topological polar surface area (TPSA) is 89.7 Å². The van der Waals surface area contributed by atoms with E-state index in [-0.39, 0.29) is 11.9 Å². The van der Waals surface area contributed by atoms with Crippen LogP contribution in [0.4, 0.5) is 5.95 Å². The van der Waals surface area contributed by atoms with Crippen LogP contribution in [0.5, 0.6) is 0 Å². The van der Waals surface area contributed by atoms with Crippen LogP contribution < -0.4 is 10.6 Å². The molecule has 0 saturated carbocycles. The van der Waals surface area contributed by atoms with Gasteiger partial charge in [0.2, 0.25) is 5.95 Å². The first-order chi connectivity index (χ1) is 11.5. The number of carbonyl (C=O) groups excluding carboxylic acids is 1. The van der Waals surface area contributed by atoms with Crippen LogP contribution in [0, 0.1) is 6.92 Å². The molecule has 0 spiro atoms. The average Bonchev–Trinajstić information content (AvgIpc) is 3.12. The van der Waals surface area contributed by atoms with Crippen molar-refractivity contribution in [1.29, 1.82) is 0 Å². The molecule has 0 bridgehead atoms. The van der Waals surface area contributed by atoms with Crippen molar-refractivity contribution < 1.29 is 4.79 Å². The molecule has 2 aromatic rings. The summed E-state index contributed by atoms with van der Waals surface area (Å²) in [7, 11) is 1.80. The SMILES string of the molecule is Cc1c(C(=O)Nc2nc(C3CCNCC3)nn2C)cnn1C(C)C. The fraction of sp³-hybridized carbons (Fsp3) is 0.625. The van der Waals surface area contributed by atoms with E-state index >= 15 is 0 Å². The Morgan fingerprint density at radius 2 is 2.08 bits per heavy atom. The lowest BCUT2D eigenvalue weighted by Gasteiger charge is -2.19. The van der Waals surface area contributed by atoms with Gasteiger partial charge in [-0.25, -0.2) is 4.68 Å². The van der Waals surface area contributed by atoms with Gasteiger partial charge in [0, 0.05) is 24.7 Å². The summed E-state index contributed by atoms with van der Waals surface area (Å²) < 4.78 is 3.48. The number of anilines is 1. The summed E-state index contributed by atoms with van der Waals surface area (Å²) in [6.07, 6.45) is 3.66. The molecule has 0 unspecified atom stereocenters. The molecule has 1 aliphatic heterocycles. The number of aryl methyl sites for hydroxylation is 1. The Morgan fingerprint density at radius 1 is 1.38 bits per heavy atom. The number of piperidine rings is 1. The molecule has 1 saturated heterocycles. The number of amides is 1. The van der Waals surface area contributed by atoms with Gasteiger partial charge in [0.1, 0.15) is 0 Å². The van der Waals surface area contributed by atoms with E-state index in [0.717, 1.165) is 37.4 Å². The molecule has 1 aliphatic rings. The van der Waals surface area contributed by atoms with Gasteiger partial charge in [-0.1, -0.05) is 0 Å². The van der Waals surface area contributed by atoms with Crippen molar-refractivity contribution in [3.8, 4) is 0 Å². The third kappa shape index (κ3) is 3.19. The van der Waals surface area contributed by atoms with Gasteiger partial charge in [0.05, 0.1) is 11.8 Å². The van der Waals surface area contributed by atoms with Gasteiger partial charge in [-0.15, -0.1) is 0 Å². The molecule has 0 atom stereocenters. The highest BCUT2D eigenvalue weighted by Crippen LogP contribution is 2.23. The summed E-state index contributed by atoms with van der Waals surface area (Å²) in [5.74, 6) is 1.44. The lowest BCUT2D eigenvalue weighted by atomic mass is 9.98. The van der Waals surface area contributed by atoms with Crippen molar-refractivity contribution in [1.82, 2.24) is 29.9 Å². The van der Waals surface area contributed by atoms with Gasteiger partial charge >= 0.3 is 0 Å². The van der Waals surface area contributed by atoms with Crippen LogP contribution in [0.3, 0.4) is 0 Å². The molecule has 1 fully saturated rings. The maximum atomic E-state index is 12.6. The first-order valence-electron chi connectivity index (χ1n) is 8.44. The number of hydrogen-bond donors (Lipinski definition) is 2. The van der Waals surface area contributed by atoms with Crippen molar-refractivity contribution >= 4 is 11.9 Å². The first kappa shape index (κ1) is 16.6. The maximum Gasteiger partial charge on any atom is 0.261 e. The molecule has 2 aromatic heterocycles. The summed E-state index contributed by atoms with van der Waals surface area (Å²) in [6.45, 7) is 7.95. The van der Waals surface area contributed by atoms with E-state index in [0.29, 0.717) is 17.4 Å². The van der Waals surface area contributed by atoms with Gasteiger partial charge in [-0.3, -0.25) is 14.8 Å². The third-order valence-electron chi connectivity index (χ3n) is 4.49. The minimum atomic E-state index is -0.202. The van der Waals surface area contributed by atoms with E-state index in [9.17, 15) is 4.79 Å². The van der Waals surface area contributed by atoms with Crippen molar-refractivity contribution in [2.45, 2.75) is 45.6 Å². The molecule has 24 heavy (non-hydrogen) atoms. The zero-order valence-corrected chi connectivity index (χ0v) is 14.7. The van der Waals surface area contributed by atoms with Crippen LogP contribution in [0.25, 0.3) is 0 Å². The van der Waals surface area contributed by atoms with Crippen molar-refractivity contribution in [2.24, 2.45) is 7.05 Å². The van der Waals surface area contributed by atoms with Crippen molar-refractivity contribution in [2.75, 3.05) is 18.4 Å². The molecular weight excluding hydrogens is 306 g/mol. The number of nitrogens with one attached hydrogen (secondary N) is 2. The molecule has 0 aromatic carbocycles. The second-order valence-corrected chi connectivity index (χ2v) is 6.58. The van der Waals surface area contributed by atoms with E-state index < -0.39 is 0 Å². The molecule has 0 aliphatic carbocycles. The molecule has 2 N–H and O–H groups in total. The highest BCUT2D eigenvalue weighted by atomic mass is 16.1. The van der Waals surface area contributed by atoms with Crippen LogP contribution in [-0.2, 0) is 7.05 Å². The van der Waals surface area contributed by atoms with Crippen molar-refractivity contribution in [3.63, 3.8) is 0 Å². The molecule has 130 valence electrons. The van der Waals surface area contributed by atoms with Crippen molar-refractivity contribution in [3.05, 3.63) is 23.3 Å². The second kappa shape index (κ2) is 6.72. The van der Waals surface area contributed by atoms with Gasteiger partial charge < -0.3 is 5.32 Å². The standard InChI is InChI=1S/C16H25N7O/c1-10(2)23-11(3)13(9-18-23)15(24)20-16-19-14(21-22(16)4)12-5-7-17-8-6-12/h9-10,12,17H,5-8H2,1-4H3,(H,19,20,21,24). The Bertz CT molecular complexity index is 725. The molecule has 0 radical (unpaired) electrons. The maximum absolute atomic E-state index is 12.6. The van der Waals surface area contributed by atoms with Gasteiger partial charge in [0.25, 0.3) is 5.91 Å². The summed E-state index contributed by atoms with van der Waals surface area (Å²) in [6, 6.07) is 0.216. The summed E-state index contributed by atoms with van der Waals surface area (Å²) in [4.78, 5) is 17.1. The second-order valence-electron chi connectivity index (χ2n) is 6.58. The largest absolute Gasteiger partial charge is 0.317 e. The summed E-state index contributed by atoms with van der Waals surface area (Å²) in [5, 5.41) is 15.0. The molecular formula is C16H25N7O. The number of hydrogen-bond acceptors (Lipinski definition) is 5. The minimum Gasteiger partial charge on any atom is -0.317 e. The Morgan fingerprint density at radius 3 is 2.71 bits per heavy atom. The zero-order valence-electron chi connectivity index (χ0n) is 14.7. The number of aromatic nitrogens is 5. The van der Waals surface area contributed by atoms with Gasteiger partial charge in [-0.05, 0) is 46.7 Å². The molecule has 3 heterocycles. The summed E-state index contributed by atoms with van der Waals surface area (Å²) >= 11 is 0. The zero-order chi connectivity index (χ0) is 17.3. The summed E-state index contributed by atoms with van der Waals surface area (Å²) in [5.41, 5.74) is 1.42. The normalized spacial score (nSPS) is 15.9. The minimum absolute atomic E-state index is 0.202. The fourth-order valence-electron chi connectivity index (χ4n) is 3.10. The van der Waals surface area contributed by atoms with Gasteiger partial charge in [0.15, 0.2) is 5.82 Å². The molecule has 8 heteroatoms. The van der Waals surface area contributed by atoms with Gasteiger partial charge in [-0.2, -0.15) is 15.2 Å². The molecule has 1 amide bonds. The highest BCUT2D eigenvalue weighted by molar-refractivity contribution is 6.04. The van der Waals surface area contributed by atoms with Crippen LogP contribution in [0.15, 0.2) is 6.20 Å². The Kier molecular flexibility index (Phi) is 4.66. The third-order valence-corrected chi connectivity index (χ3v) is 4.49. The van der Waals surface area contributed by atoms with Crippen LogP contribution in [-0.4, -0.2) is 43.5 Å². The van der Waals surface area contributed by atoms with E-state index in [4.69, 9.17) is 0 Å². The lowest BCUT2D eigenvalue weighted by Crippen LogP contribution is -2.27. The first-order valence-corrected chi connectivity index (χ1v) is 8.44. The monoisotopic (exact) mass is 331 g/mol. The lowest BCUT2D eigenvalue weighted by molar-refractivity contribution is 0.102. The van der Waals surface area contributed by atoms with Crippen LogP contribution >= 0.6 is 0 Å². The highest BCUT2D eigenvalue weighted by Gasteiger charge is 2.22. The Hall–Kier alpha value is -2.22. The predicted octanol–water partition coefficient (Wildman–Crippen LogP) is 1.62. The number of nitrogens with zero attached hydrogens (tertiary/aromatic N) is 5.